The van der Waals surface area contributed by atoms with Crippen molar-refractivity contribution < 1.29 is 4.79 Å². The molecule has 126 valence electrons. The summed E-state index contributed by atoms with van der Waals surface area (Å²) in [6.45, 7) is 6.96. The Kier molecular flexibility index (Phi) is 5.00. The van der Waals surface area contributed by atoms with Crippen LogP contribution < -0.4 is 0 Å². The summed E-state index contributed by atoms with van der Waals surface area (Å²) in [6, 6.07) is 4.76. The molecule has 4 nitrogen and oxygen atoms in total. The molecular formula is C19H29N3O. The van der Waals surface area contributed by atoms with Gasteiger partial charge in [0.25, 0.3) is 0 Å². The number of carbonyl (C=O) groups excluding carboxylic acids is 1. The SMILES string of the molecule is Cc1cc(C)nc(CN(C)[C@@H]2CCC(=O)N(CC3CC3)CC2)c1. The lowest BCUT2D eigenvalue weighted by Crippen LogP contribution is -2.34. The normalized spacial score (nSPS) is 22.5. The first kappa shape index (κ1) is 16.4. The summed E-state index contributed by atoms with van der Waals surface area (Å²) >= 11 is 0. The van der Waals surface area contributed by atoms with E-state index in [-0.39, 0.29) is 0 Å². The van der Waals surface area contributed by atoms with E-state index in [1.807, 2.05) is 0 Å². The molecule has 1 amide bonds. The van der Waals surface area contributed by atoms with Crippen molar-refractivity contribution in [2.75, 3.05) is 20.1 Å². The van der Waals surface area contributed by atoms with Crippen LogP contribution >= 0.6 is 0 Å². The lowest BCUT2D eigenvalue weighted by Gasteiger charge is -2.27. The molecule has 0 spiro atoms. The highest BCUT2D eigenvalue weighted by atomic mass is 16.2. The fourth-order valence-corrected chi connectivity index (χ4v) is 3.66. The van der Waals surface area contributed by atoms with Crippen molar-refractivity contribution in [3.8, 4) is 0 Å². The summed E-state index contributed by atoms with van der Waals surface area (Å²) in [5.41, 5.74) is 3.49. The van der Waals surface area contributed by atoms with Gasteiger partial charge in [-0.1, -0.05) is 0 Å². The van der Waals surface area contributed by atoms with Crippen molar-refractivity contribution in [1.82, 2.24) is 14.8 Å². The lowest BCUT2D eigenvalue weighted by atomic mass is 10.1. The highest BCUT2D eigenvalue weighted by Crippen LogP contribution is 2.31. The molecule has 2 aliphatic rings. The number of aromatic nitrogens is 1. The van der Waals surface area contributed by atoms with Crippen molar-refractivity contribution in [3.63, 3.8) is 0 Å². The Balaban J connectivity index is 1.58. The molecule has 1 aromatic rings. The minimum absolute atomic E-state index is 0.359. The van der Waals surface area contributed by atoms with E-state index < -0.39 is 0 Å². The molecule has 0 unspecified atom stereocenters. The molecule has 1 saturated heterocycles. The van der Waals surface area contributed by atoms with Gasteiger partial charge in [-0.05, 0) is 70.2 Å². The van der Waals surface area contributed by atoms with E-state index in [4.69, 9.17) is 0 Å². The van der Waals surface area contributed by atoms with Crippen LogP contribution in [0.5, 0.6) is 0 Å². The van der Waals surface area contributed by atoms with Crippen molar-refractivity contribution in [1.29, 1.82) is 0 Å². The first-order valence-corrected chi connectivity index (χ1v) is 8.93. The van der Waals surface area contributed by atoms with E-state index in [0.29, 0.717) is 18.4 Å². The predicted molar refractivity (Wildman–Crippen MR) is 92.1 cm³/mol. The number of hydrogen-bond acceptors (Lipinski definition) is 3. The van der Waals surface area contributed by atoms with E-state index in [0.717, 1.165) is 49.8 Å². The minimum atomic E-state index is 0.359. The maximum absolute atomic E-state index is 12.3. The molecular weight excluding hydrogens is 286 g/mol. The van der Waals surface area contributed by atoms with Crippen molar-refractivity contribution in [3.05, 3.63) is 29.1 Å². The third kappa shape index (κ3) is 4.54. The van der Waals surface area contributed by atoms with Crippen molar-refractivity contribution in [2.24, 2.45) is 5.92 Å². The fraction of sp³-hybridized carbons (Fsp3) is 0.684. The molecule has 2 heterocycles. The number of hydrogen-bond donors (Lipinski definition) is 0. The van der Waals surface area contributed by atoms with Crippen LogP contribution in [-0.2, 0) is 11.3 Å². The predicted octanol–water partition coefficient (Wildman–Crippen LogP) is 2.92. The van der Waals surface area contributed by atoms with Crippen LogP contribution in [0.2, 0.25) is 0 Å². The van der Waals surface area contributed by atoms with Crippen molar-refractivity contribution in [2.45, 2.75) is 58.5 Å². The van der Waals surface area contributed by atoms with E-state index >= 15 is 0 Å². The standard InChI is InChI=1S/C19H29N3O/c1-14-10-15(2)20-17(11-14)13-21(3)18-6-7-19(23)22(9-8-18)12-16-4-5-16/h10-11,16,18H,4-9,12-13H2,1-3H3/t18-/m1/s1. The zero-order chi connectivity index (χ0) is 16.4. The van der Waals surface area contributed by atoms with Crippen LogP contribution in [-0.4, -0.2) is 46.9 Å². The second-order valence-electron chi connectivity index (χ2n) is 7.46. The van der Waals surface area contributed by atoms with Gasteiger partial charge in [-0.2, -0.15) is 0 Å². The Labute approximate surface area is 139 Å². The maximum atomic E-state index is 12.3. The first-order chi connectivity index (χ1) is 11.0. The number of carbonyl (C=O) groups is 1. The molecule has 1 aliphatic carbocycles. The molecule has 1 atom stereocenters. The zero-order valence-electron chi connectivity index (χ0n) is 14.7. The molecule has 0 N–H and O–H groups in total. The van der Waals surface area contributed by atoms with Gasteiger partial charge < -0.3 is 4.90 Å². The number of rotatable bonds is 5. The van der Waals surface area contributed by atoms with Gasteiger partial charge in [-0.3, -0.25) is 14.7 Å². The van der Waals surface area contributed by atoms with Crippen LogP contribution in [0.25, 0.3) is 0 Å². The molecule has 1 aliphatic heterocycles. The van der Waals surface area contributed by atoms with Gasteiger partial charge in [0.15, 0.2) is 0 Å². The second-order valence-corrected chi connectivity index (χ2v) is 7.46. The maximum Gasteiger partial charge on any atom is 0.222 e. The fourth-order valence-electron chi connectivity index (χ4n) is 3.66. The highest BCUT2D eigenvalue weighted by Gasteiger charge is 2.30. The summed E-state index contributed by atoms with van der Waals surface area (Å²) < 4.78 is 0. The second kappa shape index (κ2) is 7.00. The molecule has 2 fully saturated rings. The number of aryl methyl sites for hydroxylation is 2. The molecule has 23 heavy (non-hydrogen) atoms. The Morgan fingerprint density at radius 1 is 1.22 bits per heavy atom. The minimum Gasteiger partial charge on any atom is -0.342 e. The number of likely N-dealkylation sites (tertiary alicyclic amines) is 1. The molecule has 4 heteroatoms. The van der Waals surface area contributed by atoms with E-state index in [9.17, 15) is 4.79 Å². The van der Waals surface area contributed by atoms with E-state index in [1.54, 1.807) is 0 Å². The monoisotopic (exact) mass is 315 g/mol. The quantitative estimate of drug-likeness (QED) is 0.838. The molecule has 0 radical (unpaired) electrons. The average Bonchev–Trinajstić information content (AvgIpc) is 3.28. The van der Waals surface area contributed by atoms with Gasteiger partial charge in [-0.15, -0.1) is 0 Å². The highest BCUT2D eigenvalue weighted by molar-refractivity contribution is 5.76. The Bertz CT molecular complexity index is 547. The van der Waals surface area contributed by atoms with Gasteiger partial charge in [0, 0.05) is 37.8 Å². The van der Waals surface area contributed by atoms with Crippen LogP contribution in [0.15, 0.2) is 12.1 Å². The summed E-state index contributed by atoms with van der Waals surface area (Å²) in [7, 11) is 2.17. The van der Waals surface area contributed by atoms with Gasteiger partial charge >= 0.3 is 0 Å². The van der Waals surface area contributed by atoms with Crippen LogP contribution in [0, 0.1) is 19.8 Å². The summed E-state index contributed by atoms with van der Waals surface area (Å²) in [5.74, 6) is 1.14. The van der Waals surface area contributed by atoms with Crippen molar-refractivity contribution >= 4 is 5.91 Å². The number of nitrogens with zero attached hydrogens (tertiary/aromatic N) is 3. The molecule has 0 aromatic carbocycles. The number of pyridine rings is 1. The lowest BCUT2D eigenvalue weighted by molar-refractivity contribution is -0.130. The largest absolute Gasteiger partial charge is 0.342 e. The summed E-state index contributed by atoms with van der Waals surface area (Å²) in [6.07, 6.45) is 5.38. The Morgan fingerprint density at radius 2 is 2.00 bits per heavy atom. The molecule has 1 aromatic heterocycles. The molecule has 1 saturated carbocycles. The van der Waals surface area contributed by atoms with Gasteiger partial charge in [-0.25, -0.2) is 0 Å². The molecule has 0 bridgehead atoms. The van der Waals surface area contributed by atoms with Gasteiger partial charge in [0.1, 0.15) is 0 Å². The topological polar surface area (TPSA) is 36.4 Å². The third-order valence-electron chi connectivity index (χ3n) is 5.14. The summed E-state index contributed by atoms with van der Waals surface area (Å²) in [5, 5.41) is 0. The van der Waals surface area contributed by atoms with Gasteiger partial charge in [0.2, 0.25) is 5.91 Å². The third-order valence-corrected chi connectivity index (χ3v) is 5.14. The van der Waals surface area contributed by atoms with E-state index in [2.05, 4.69) is 47.8 Å². The van der Waals surface area contributed by atoms with Crippen LogP contribution in [0.3, 0.4) is 0 Å². The van der Waals surface area contributed by atoms with Gasteiger partial charge in [0.05, 0.1) is 5.69 Å². The summed E-state index contributed by atoms with van der Waals surface area (Å²) in [4.78, 5) is 21.4. The average molecular weight is 315 g/mol. The Hall–Kier alpha value is -1.42. The zero-order valence-corrected chi connectivity index (χ0v) is 14.7. The molecule has 3 rings (SSSR count). The van der Waals surface area contributed by atoms with Crippen LogP contribution in [0.4, 0.5) is 0 Å². The Morgan fingerprint density at radius 3 is 2.70 bits per heavy atom. The van der Waals surface area contributed by atoms with Crippen LogP contribution in [0.1, 0.15) is 49.1 Å². The smallest absolute Gasteiger partial charge is 0.222 e. The first-order valence-electron chi connectivity index (χ1n) is 8.93. The van der Waals surface area contributed by atoms with E-state index in [1.165, 1.54) is 18.4 Å². The number of amides is 1.